The van der Waals surface area contributed by atoms with Crippen molar-refractivity contribution in [1.82, 2.24) is 10.3 Å². The number of aromatic nitrogens is 1. The third-order valence-corrected chi connectivity index (χ3v) is 5.99. The summed E-state index contributed by atoms with van der Waals surface area (Å²) < 4.78 is 24.9. The summed E-state index contributed by atoms with van der Waals surface area (Å²) in [5, 5.41) is 2.85. The second kappa shape index (κ2) is 11.1. The zero-order chi connectivity index (χ0) is 24.8. The summed E-state index contributed by atoms with van der Waals surface area (Å²) in [6.07, 6.45) is 4.98. The second-order valence-electron chi connectivity index (χ2n) is 8.84. The van der Waals surface area contributed by atoms with E-state index < -0.39 is 5.82 Å². The number of halogens is 1. The highest BCUT2D eigenvalue weighted by Crippen LogP contribution is 2.32. The molecule has 1 amide bonds. The van der Waals surface area contributed by atoms with Gasteiger partial charge in [-0.15, -0.1) is 0 Å². The van der Waals surface area contributed by atoms with Gasteiger partial charge in [0, 0.05) is 24.7 Å². The van der Waals surface area contributed by atoms with Gasteiger partial charge in [0.1, 0.15) is 11.3 Å². The zero-order valence-corrected chi connectivity index (χ0v) is 20.0. The van der Waals surface area contributed by atoms with E-state index in [9.17, 15) is 14.0 Å². The Bertz CT molecular complexity index is 1220. The van der Waals surface area contributed by atoms with Crippen LogP contribution < -0.4 is 14.8 Å². The van der Waals surface area contributed by atoms with Crippen LogP contribution in [0.15, 0.2) is 54.7 Å². The van der Waals surface area contributed by atoms with Gasteiger partial charge in [-0.05, 0) is 67.0 Å². The number of aryl methyl sites for hydroxylation is 1. The molecule has 0 unspecified atom stereocenters. The average Bonchev–Trinajstić information content (AvgIpc) is 3.69. The SMILES string of the molecule is COc1ccc(CNC(=O)c2cc(-c3ccccc3CCC(C)=O)cnc2OCC2CC2)cc1F. The monoisotopic (exact) mass is 476 g/mol. The molecule has 0 saturated heterocycles. The highest BCUT2D eigenvalue weighted by molar-refractivity contribution is 5.97. The lowest BCUT2D eigenvalue weighted by Crippen LogP contribution is -2.24. The molecule has 6 nitrogen and oxygen atoms in total. The van der Waals surface area contributed by atoms with Gasteiger partial charge >= 0.3 is 0 Å². The molecule has 4 rings (SSSR count). The van der Waals surface area contributed by atoms with Crippen molar-refractivity contribution in [3.63, 3.8) is 0 Å². The molecule has 0 radical (unpaired) electrons. The number of nitrogens with zero attached hydrogens (tertiary/aromatic N) is 1. The average molecular weight is 477 g/mol. The van der Waals surface area contributed by atoms with E-state index in [2.05, 4.69) is 10.3 Å². The molecule has 0 bridgehead atoms. The number of nitrogens with one attached hydrogen (secondary N) is 1. The van der Waals surface area contributed by atoms with Crippen molar-refractivity contribution in [2.24, 2.45) is 5.92 Å². The molecular weight excluding hydrogens is 447 g/mol. The minimum Gasteiger partial charge on any atom is -0.494 e. The summed E-state index contributed by atoms with van der Waals surface area (Å²) in [5.74, 6) is 0.205. The number of amides is 1. The van der Waals surface area contributed by atoms with Gasteiger partial charge in [-0.25, -0.2) is 9.37 Å². The van der Waals surface area contributed by atoms with Crippen LogP contribution in [-0.2, 0) is 17.8 Å². The van der Waals surface area contributed by atoms with E-state index in [1.54, 1.807) is 25.3 Å². The number of ether oxygens (including phenoxy) is 2. The van der Waals surface area contributed by atoms with Crippen LogP contribution >= 0.6 is 0 Å². The molecule has 1 aromatic heterocycles. The number of carbonyl (C=O) groups excluding carboxylic acids is 2. The van der Waals surface area contributed by atoms with Crippen LogP contribution in [-0.4, -0.2) is 30.4 Å². The Hall–Kier alpha value is -3.74. The fraction of sp³-hybridized carbons (Fsp3) is 0.321. The van der Waals surface area contributed by atoms with E-state index in [1.807, 2.05) is 24.3 Å². The number of Topliss-reactive ketones (excluding diaryl/α,β-unsaturated/α-hetero) is 1. The highest BCUT2D eigenvalue weighted by Gasteiger charge is 2.24. The Balaban J connectivity index is 1.58. The van der Waals surface area contributed by atoms with Crippen molar-refractivity contribution < 1.29 is 23.5 Å². The third-order valence-electron chi connectivity index (χ3n) is 5.99. The van der Waals surface area contributed by atoms with Gasteiger partial charge in [-0.1, -0.05) is 30.3 Å². The Morgan fingerprint density at radius 3 is 2.66 bits per heavy atom. The minimum atomic E-state index is -0.487. The van der Waals surface area contributed by atoms with Crippen LogP contribution in [0.25, 0.3) is 11.1 Å². The van der Waals surface area contributed by atoms with Gasteiger partial charge < -0.3 is 19.6 Å². The van der Waals surface area contributed by atoms with Crippen molar-refractivity contribution in [1.29, 1.82) is 0 Å². The molecule has 1 fully saturated rings. The number of methoxy groups -OCH3 is 1. The maximum absolute atomic E-state index is 14.0. The van der Waals surface area contributed by atoms with Crippen LogP contribution in [0.1, 0.15) is 47.7 Å². The Morgan fingerprint density at radius 1 is 1.14 bits per heavy atom. The molecule has 182 valence electrons. The normalized spacial score (nSPS) is 12.8. The molecule has 1 N–H and O–H groups in total. The molecule has 1 heterocycles. The largest absolute Gasteiger partial charge is 0.494 e. The number of ketones is 1. The summed E-state index contributed by atoms with van der Waals surface area (Å²) in [6, 6.07) is 14.1. The van der Waals surface area contributed by atoms with E-state index in [0.29, 0.717) is 36.5 Å². The summed E-state index contributed by atoms with van der Waals surface area (Å²) >= 11 is 0. The lowest BCUT2D eigenvalue weighted by Gasteiger charge is -2.14. The van der Waals surface area contributed by atoms with Crippen molar-refractivity contribution >= 4 is 11.7 Å². The fourth-order valence-corrected chi connectivity index (χ4v) is 3.79. The van der Waals surface area contributed by atoms with Gasteiger partial charge in [0.15, 0.2) is 11.6 Å². The molecule has 3 aromatic rings. The van der Waals surface area contributed by atoms with Gasteiger partial charge in [-0.2, -0.15) is 0 Å². The van der Waals surface area contributed by atoms with Crippen molar-refractivity contribution in [3.8, 4) is 22.8 Å². The second-order valence-corrected chi connectivity index (χ2v) is 8.84. The Labute approximate surface area is 204 Å². The third kappa shape index (κ3) is 6.44. The highest BCUT2D eigenvalue weighted by atomic mass is 19.1. The lowest BCUT2D eigenvalue weighted by molar-refractivity contribution is -0.116. The number of hydrogen-bond acceptors (Lipinski definition) is 5. The topological polar surface area (TPSA) is 77.5 Å². The number of pyridine rings is 1. The van der Waals surface area contributed by atoms with Gasteiger partial charge in [0.05, 0.1) is 13.7 Å². The predicted molar refractivity (Wildman–Crippen MR) is 131 cm³/mol. The first-order chi connectivity index (χ1) is 16.9. The first-order valence-corrected chi connectivity index (χ1v) is 11.8. The molecule has 0 spiro atoms. The molecule has 1 aliphatic rings. The van der Waals surface area contributed by atoms with Crippen LogP contribution in [0.2, 0.25) is 0 Å². The first kappa shape index (κ1) is 24.4. The Morgan fingerprint density at radius 2 is 1.94 bits per heavy atom. The van der Waals surface area contributed by atoms with Gasteiger partial charge in [-0.3, -0.25) is 4.79 Å². The van der Waals surface area contributed by atoms with Crippen molar-refractivity contribution in [2.45, 2.75) is 39.2 Å². The van der Waals surface area contributed by atoms with Crippen molar-refractivity contribution in [2.75, 3.05) is 13.7 Å². The minimum absolute atomic E-state index is 0.122. The molecule has 2 aromatic carbocycles. The molecule has 1 saturated carbocycles. The summed E-state index contributed by atoms with van der Waals surface area (Å²) in [7, 11) is 1.40. The molecule has 0 atom stereocenters. The Kier molecular flexibility index (Phi) is 7.75. The quantitative estimate of drug-likeness (QED) is 0.415. The predicted octanol–water partition coefficient (Wildman–Crippen LogP) is 5.14. The number of benzene rings is 2. The van der Waals surface area contributed by atoms with E-state index in [-0.39, 0.29) is 29.9 Å². The number of carbonyl (C=O) groups is 2. The summed E-state index contributed by atoms with van der Waals surface area (Å²) in [6.45, 7) is 2.24. The summed E-state index contributed by atoms with van der Waals surface area (Å²) in [5.41, 5.74) is 3.62. The van der Waals surface area contributed by atoms with Crippen LogP contribution in [0.3, 0.4) is 0 Å². The molecule has 35 heavy (non-hydrogen) atoms. The van der Waals surface area contributed by atoms with E-state index in [0.717, 1.165) is 29.5 Å². The van der Waals surface area contributed by atoms with Crippen LogP contribution in [0.4, 0.5) is 4.39 Å². The van der Waals surface area contributed by atoms with Crippen LogP contribution in [0, 0.1) is 11.7 Å². The maximum Gasteiger partial charge on any atom is 0.257 e. The van der Waals surface area contributed by atoms with Crippen LogP contribution in [0.5, 0.6) is 11.6 Å². The van der Waals surface area contributed by atoms with Gasteiger partial charge in [0.25, 0.3) is 5.91 Å². The van der Waals surface area contributed by atoms with E-state index in [4.69, 9.17) is 9.47 Å². The summed E-state index contributed by atoms with van der Waals surface area (Å²) in [4.78, 5) is 29.2. The molecule has 1 aliphatic carbocycles. The molecule has 7 heteroatoms. The lowest BCUT2D eigenvalue weighted by atomic mass is 9.96. The van der Waals surface area contributed by atoms with Crippen molar-refractivity contribution in [3.05, 3.63) is 77.2 Å². The first-order valence-electron chi connectivity index (χ1n) is 11.8. The standard InChI is InChI=1S/C28H29FN2O4/c1-18(32)7-11-21-5-3-4-6-23(21)22-14-24(28(31-16-22)35-17-19-8-9-19)27(33)30-15-20-10-12-26(34-2)25(29)13-20/h3-6,10,12-14,16,19H,7-9,11,15,17H2,1-2H3,(H,30,33). The molecule has 0 aliphatic heterocycles. The number of rotatable bonds is 11. The molecular formula is C28H29FN2O4. The van der Waals surface area contributed by atoms with Gasteiger partial charge in [0.2, 0.25) is 5.88 Å². The smallest absolute Gasteiger partial charge is 0.257 e. The number of hydrogen-bond donors (Lipinski definition) is 1. The zero-order valence-electron chi connectivity index (χ0n) is 20.0. The van der Waals surface area contributed by atoms with E-state index in [1.165, 1.54) is 19.2 Å². The fourth-order valence-electron chi connectivity index (χ4n) is 3.79. The maximum atomic E-state index is 14.0. The van der Waals surface area contributed by atoms with E-state index >= 15 is 0 Å².